The van der Waals surface area contributed by atoms with E-state index in [1.54, 1.807) is 48.8 Å². The van der Waals surface area contributed by atoms with E-state index in [0.29, 0.717) is 50.4 Å². The molecule has 0 fully saturated rings. The molecule has 176 valence electrons. The van der Waals surface area contributed by atoms with Gasteiger partial charge >= 0.3 is 0 Å². The molecule has 0 unspecified atom stereocenters. The number of nitrogens with one attached hydrogen (secondary N) is 2. The zero-order valence-electron chi connectivity index (χ0n) is 17.7. The third kappa shape index (κ3) is 12.9. The van der Waals surface area contributed by atoms with Crippen molar-refractivity contribution in [1.82, 2.24) is 10.6 Å². The second-order valence-electron chi connectivity index (χ2n) is 6.42. The number of aliphatic hydroxyl groups is 2. The molecule has 2 aromatic rings. The summed E-state index contributed by atoms with van der Waals surface area (Å²) in [6.07, 6.45) is 3.28. The number of rotatable bonds is 12. The highest BCUT2D eigenvalue weighted by atomic mass is 79.9. The number of aromatic hydroxyl groups is 2. The van der Waals surface area contributed by atoms with Crippen LogP contribution in [0.15, 0.2) is 55.3 Å². The average Bonchev–Trinajstić information content (AvgIpc) is 2.78. The lowest BCUT2D eigenvalue weighted by atomic mass is 10.2. The maximum absolute atomic E-state index is 9.51. The fraction of sp³-hybridized carbons (Fsp3) is 0.364. The Kier molecular flexibility index (Phi) is 15.6. The number of phenols is 2. The summed E-state index contributed by atoms with van der Waals surface area (Å²) in [5.41, 5.74) is 1.38. The van der Waals surface area contributed by atoms with Crippen LogP contribution in [0.2, 0.25) is 0 Å². The molecular formula is C22H30Br2N4O4. The molecule has 2 rings (SSSR count). The summed E-state index contributed by atoms with van der Waals surface area (Å²) in [4.78, 5) is 8.33. The molecule has 0 radical (unpaired) electrons. The highest BCUT2D eigenvalue weighted by Gasteiger charge is 1.98. The highest BCUT2D eigenvalue weighted by Crippen LogP contribution is 2.20. The van der Waals surface area contributed by atoms with E-state index < -0.39 is 0 Å². The van der Waals surface area contributed by atoms with Gasteiger partial charge in [0, 0.05) is 58.7 Å². The molecule has 0 aliphatic carbocycles. The van der Waals surface area contributed by atoms with E-state index in [1.807, 2.05) is 0 Å². The number of aliphatic imine (C=N–C) groups is 2. The Morgan fingerprint density at radius 2 is 1.09 bits per heavy atom. The van der Waals surface area contributed by atoms with Crippen LogP contribution < -0.4 is 10.6 Å². The first-order valence-corrected chi connectivity index (χ1v) is 11.7. The number of hydrogen-bond donors (Lipinski definition) is 6. The second-order valence-corrected chi connectivity index (χ2v) is 8.26. The number of benzene rings is 2. The van der Waals surface area contributed by atoms with Crippen LogP contribution in [0.1, 0.15) is 11.1 Å². The maximum Gasteiger partial charge on any atom is 0.124 e. The molecule has 0 aliphatic heterocycles. The fourth-order valence-electron chi connectivity index (χ4n) is 2.28. The molecule has 2 aromatic carbocycles. The largest absolute Gasteiger partial charge is 0.507 e. The molecule has 0 bridgehead atoms. The van der Waals surface area contributed by atoms with Crippen molar-refractivity contribution in [3.8, 4) is 11.5 Å². The van der Waals surface area contributed by atoms with Gasteiger partial charge in [0.1, 0.15) is 11.5 Å². The van der Waals surface area contributed by atoms with E-state index in [-0.39, 0.29) is 24.7 Å². The Hall–Kier alpha value is -1.82. The molecule has 10 heteroatoms. The van der Waals surface area contributed by atoms with Crippen LogP contribution in [0.4, 0.5) is 0 Å². The predicted octanol–water partition coefficient (Wildman–Crippen LogP) is 2.31. The Bertz CT molecular complexity index is 781. The van der Waals surface area contributed by atoms with Crippen molar-refractivity contribution in [3.63, 3.8) is 0 Å². The minimum atomic E-state index is 0.135. The minimum absolute atomic E-state index is 0.135. The number of halogens is 2. The first kappa shape index (κ1) is 28.2. The molecule has 0 saturated heterocycles. The Labute approximate surface area is 205 Å². The number of hydrogen-bond acceptors (Lipinski definition) is 8. The maximum atomic E-state index is 9.51. The number of nitrogens with zero attached hydrogens (tertiary/aromatic N) is 2. The first-order chi connectivity index (χ1) is 15.5. The van der Waals surface area contributed by atoms with E-state index in [1.165, 1.54) is 0 Å². The van der Waals surface area contributed by atoms with E-state index in [2.05, 4.69) is 52.5 Å². The lowest BCUT2D eigenvalue weighted by Crippen LogP contribution is -2.21. The van der Waals surface area contributed by atoms with Crippen molar-refractivity contribution in [2.45, 2.75) is 0 Å². The molecule has 0 atom stereocenters. The molecule has 32 heavy (non-hydrogen) atoms. The predicted molar refractivity (Wildman–Crippen MR) is 136 cm³/mol. The van der Waals surface area contributed by atoms with Crippen molar-refractivity contribution in [2.24, 2.45) is 9.98 Å². The van der Waals surface area contributed by atoms with Gasteiger partial charge in [0.25, 0.3) is 0 Å². The van der Waals surface area contributed by atoms with Crippen LogP contribution in [0, 0.1) is 0 Å². The van der Waals surface area contributed by atoms with E-state index in [4.69, 9.17) is 10.2 Å². The Morgan fingerprint density at radius 1 is 0.688 bits per heavy atom. The van der Waals surface area contributed by atoms with E-state index >= 15 is 0 Å². The molecule has 0 spiro atoms. The molecule has 6 N–H and O–H groups in total. The standard InChI is InChI=1S/2C11H15BrN2O2/c2*12-10-1-2-11(16)9(7-10)8-14-4-3-13-5-6-15/h2*1-2,7-8,13,15-16H,3-6H2. The molecule has 0 aromatic heterocycles. The van der Waals surface area contributed by atoms with Gasteiger partial charge in [-0.25, -0.2) is 0 Å². The molecular weight excluding hydrogens is 544 g/mol. The van der Waals surface area contributed by atoms with Gasteiger partial charge in [-0.1, -0.05) is 31.9 Å². The van der Waals surface area contributed by atoms with Crippen molar-refractivity contribution < 1.29 is 20.4 Å². The smallest absolute Gasteiger partial charge is 0.124 e. The summed E-state index contributed by atoms with van der Waals surface area (Å²) >= 11 is 6.65. The Balaban J connectivity index is 0.000000320. The first-order valence-electron chi connectivity index (χ1n) is 10.1. The van der Waals surface area contributed by atoms with Crippen molar-refractivity contribution in [3.05, 3.63) is 56.5 Å². The number of aliphatic hydroxyl groups excluding tert-OH is 2. The molecule has 0 aliphatic rings. The van der Waals surface area contributed by atoms with Crippen LogP contribution >= 0.6 is 31.9 Å². The van der Waals surface area contributed by atoms with Crippen LogP contribution in [0.25, 0.3) is 0 Å². The summed E-state index contributed by atoms with van der Waals surface area (Å²) in [7, 11) is 0. The fourth-order valence-corrected chi connectivity index (χ4v) is 3.04. The molecule has 0 heterocycles. The number of phenolic OH excluding ortho intramolecular Hbond substituents is 2. The van der Waals surface area contributed by atoms with Crippen LogP contribution in [-0.4, -0.2) is 85.3 Å². The monoisotopic (exact) mass is 572 g/mol. The third-order valence-corrected chi connectivity index (χ3v) is 4.84. The SMILES string of the molecule is OCCNCCN=Cc1cc(Br)ccc1O.OCCNCCN=Cc1cc(Br)ccc1O. The lowest BCUT2D eigenvalue weighted by molar-refractivity contribution is 0.293. The lowest BCUT2D eigenvalue weighted by Gasteiger charge is -2.00. The van der Waals surface area contributed by atoms with Gasteiger partial charge < -0.3 is 31.1 Å². The van der Waals surface area contributed by atoms with Gasteiger partial charge in [0.05, 0.1) is 26.3 Å². The normalized spacial score (nSPS) is 11.1. The van der Waals surface area contributed by atoms with Crippen molar-refractivity contribution in [2.75, 3.05) is 52.5 Å². The summed E-state index contributed by atoms with van der Waals surface area (Å²) in [6, 6.07) is 10.4. The molecule has 8 nitrogen and oxygen atoms in total. The molecule has 0 saturated carbocycles. The van der Waals surface area contributed by atoms with E-state index in [9.17, 15) is 10.2 Å². The average molecular weight is 574 g/mol. The zero-order valence-corrected chi connectivity index (χ0v) is 20.9. The quantitative estimate of drug-likeness (QED) is 0.171. The second kappa shape index (κ2) is 17.7. The summed E-state index contributed by atoms with van der Waals surface area (Å²) in [5.74, 6) is 0.436. The van der Waals surface area contributed by atoms with Gasteiger partial charge in [-0.15, -0.1) is 0 Å². The topological polar surface area (TPSA) is 130 Å². The zero-order chi connectivity index (χ0) is 23.6. The van der Waals surface area contributed by atoms with Gasteiger partial charge in [-0.05, 0) is 36.4 Å². The van der Waals surface area contributed by atoms with Gasteiger partial charge in [0.15, 0.2) is 0 Å². The van der Waals surface area contributed by atoms with Crippen molar-refractivity contribution >= 4 is 44.3 Å². The van der Waals surface area contributed by atoms with Crippen molar-refractivity contribution in [1.29, 1.82) is 0 Å². The summed E-state index contributed by atoms with van der Waals surface area (Å²) in [6.45, 7) is 4.09. The van der Waals surface area contributed by atoms with Gasteiger partial charge in [-0.2, -0.15) is 0 Å². The highest BCUT2D eigenvalue weighted by molar-refractivity contribution is 9.10. The van der Waals surface area contributed by atoms with Gasteiger partial charge in [0.2, 0.25) is 0 Å². The summed E-state index contributed by atoms with van der Waals surface area (Å²) in [5, 5.41) is 42.1. The van der Waals surface area contributed by atoms with E-state index in [0.717, 1.165) is 8.95 Å². The Morgan fingerprint density at radius 3 is 1.47 bits per heavy atom. The third-order valence-electron chi connectivity index (χ3n) is 3.85. The van der Waals surface area contributed by atoms with Crippen LogP contribution in [0.5, 0.6) is 11.5 Å². The van der Waals surface area contributed by atoms with Crippen LogP contribution in [0.3, 0.4) is 0 Å². The minimum Gasteiger partial charge on any atom is -0.507 e. The summed E-state index contributed by atoms with van der Waals surface area (Å²) < 4.78 is 1.82. The van der Waals surface area contributed by atoms with Gasteiger partial charge in [-0.3, -0.25) is 9.98 Å². The molecule has 0 amide bonds. The van der Waals surface area contributed by atoms with Crippen LogP contribution in [-0.2, 0) is 0 Å².